The SMILES string of the molecule is N#CCC1CCC(n2c(C3CN(C(=O)O)C3)nc3cnc4[nH]ccc4c32)CC1. The van der Waals surface area contributed by atoms with Gasteiger partial charge in [0.25, 0.3) is 0 Å². The van der Waals surface area contributed by atoms with Gasteiger partial charge in [0.05, 0.1) is 23.7 Å². The molecule has 2 N–H and O–H groups in total. The van der Waals surface area contributed by atoms with Gasteiger partial charge in [0.15, 0.2) is 0 Å². The molecule has 5 rings (SSSR count). The number of nitriles is 1. The molecule has 0 bridgehead atoms. The fourth-order valence-electron chi connectivity index (χ4n) is 4.80. The number of likely N-dealkylation sites (tertiary alicyclic amines) is 1. The van der Waals surface area contributed by atoms with Crippen molar-refractivity contribution in [3.05, 3.63) is 24.3 Å². The molecule has 2 fully saturated rings. The summed E-state index contributed by atoms with van der Waals surface area (Å²) in [5.41, 5.74) is 2.81. The van der Waals surface area contributed by atoms with Crippen LogP contribution in [0.25, 0.3) is 22.1 Å². The van der Waals surface area contributed by atoms with Crippen LogP contribution in [-0.2, 0) is 0 Å². The fraction of sp³-hybridized carbons (Fsp3) is 0.500. The molecule has 1 saturated heterocycles. The molecular formula is C20H22N6O2. The van der Waals surface area contributed by atoms with E-state index in [0.717, 1.165) is 53.6 Å². The van der Waals surface area contributed by atoms with Crippen LogP contribution < -0.4 is 0 Å². The molecule has 3 aromatic rings. The lowest BCUT2D eigenvalue weighted by molar-refractivity contribution is 0.101. The summed E-state index contributed by atoms with van der Waals surface area (Å²) in [5, 5.41) is 19.3. The highest BCUT2D eigenvalue weighted by Crippen LogP contribution is 2.40. The molecule has 4 heterocycles. The van der Waals surface area contributed by atoms with Crippen molar-refractivity contribution in [3.63, 3.8) is 0 Å². The summed E-state index contributed by atoms with van der Waals surface area (Å²) in [6.45, 7) is 0.984. The molecule has 0 spiro atoms. The first kappa shape index (κ1) is 17.0. The van der Waals surface area contributed by atoms with E-state index in [1.54, 1.807) is 0 Å². The van der Waals surface area contributed by atoms with E-state index >= 15 is 0 Å². The van der Waals surface area contributed by atoms with Gasteiger partial charge in [0.2, 0.25) is 0 Å². The summed E-state index contributed by atoms with van der Waals surface area (Å²) >= 11 is 0. The van der Waals surface area contributed by atoms with Crippen LogP contribution in [-0.4, -0.2) is 48.7 Å². The number of nitrogens with zero attached hydrogens (tertiary/aromatic N) is 5. The Labute approximate surface area is 161 Å². The first-order chi connectivity index (χ1) is 13.7. The van der Waals surface area contributed by atoms with Gasteiger partial charge in [0.1, 0.15) is 17.0 Å². The number of fused-ring (bicyclic) bond motifs is 3. The Kier molecular flexibility index (Phi) is 3.97. The Morgan fingerprint density at radius 2 is 2.11 bits per heavy atom. The van der Waals surface area contributed by atoms with E-state index in [2.05, 4.69) is 20.6 Å². The van der Waals surface area contributed by atoms with Crippen LogP contribution in [0.15, 0.2) is 18.5 Å². The molecule has 1 saturated carbocycles. The number of aromatic nitrogens is 4. The van der Waals surface area contributed by atoms with Crippen molar-refractivity contribution in [2.24, 2.45) is 5.92 Å². The van der Waals surface area contributed by atoms with Gasteiger partial charge >= 0.3 is 6.09 Å². The summed E-state index contributed by atoms with van der Waals surface area (Å²) < 4.78 is 2.36. The maximum absolute atomic E-state index is 11.2. The van der Waals surface area contributed by atoms with Crippen LogP contribution in [0.5, 0.6) is 0 Å². The second kappa shape index (κ2) is 6.51. The normalized spacial score (nSPS) is 23.0. The van der Waals surface area contributed by atoms with E-state index in [4.69, 9.17) is 10.2 Å². The predicted octanol–water partition coefficient (Wildman–Crippen LogP) is 3.63. The molecule has 28 heavy (non-hydrogen) atoms. The Morgan fingerprint density at radius 1 is 1.32 bits per heavy atom. The van der Waals surface area contributed by atoms with Gasteiger partial charge in [-0.05, 0) is 37.7 Å². The molecule has 0 atom stereocenters. The molecule has 2 aliphatic rings. The number of aromatic amines is 1. The highest BCUT2D eigenvalue weighted by Gasteiger charge is 2.37. The highest BCUT2D eigenvalue weighted by atomic mass is 16.4. The van der Waals surface area contributed by atoms with Crippen LogP contribution in [0.1, 0.15) is 49.9 Å². The lowest BCUT2D eigenvalue weighted by atomic mass is 9.84. The zero-order chi connectivity index (χ0) is 19.3. The zero-order valence-corrected chi connectivity index (χ0v) is 15.5. The van der Waals surface area contributed by atoms with Crippen molar-refractivity contribution in [3.8, 4) is 6.07 Å². The van der Waals surface area contributed by atoms with Crippen LogP contribution >= 0.6 is 0 Å². The highest BCUT2D eigenvalue weighted by molar-refractivity contribution is 6.01. The van der Waals surface area contributed by atoms with Gasteiger partial charge < -0.3 is 19.6 Å². The Bertz CT molecular complexity index is 1080. The lowest BCUT2D eigenvalue weighted by Gasteiger charge is -2.38. The number of imidazole rings is 1. The van der Waals surface area contributed by atoms with E-state index in [0.29, 0.717) is 31.5 Å². The Morgan fingerprint density at radius 3 is 2.82 bits per heavy atom. The summed E-state index contributed by atoms with van der Waals surface area (Å²) in [4.78, 5) is 25.2. The van der Waals surface area contributed by atoms with Crippen LogP contribution in [0.4, 0.5) is 4.79 Å². The van der Waals surface area contributed by atoms with Gasteiger partial charge in [0, 0.05) is 37.1 Å². The lowest BCUT2D eigenvalue weighted by Crippen LogP contribution is -2.48. The van der Waals surface area contributed by atoms with Crippen molar-refractivity contribution >= 4 is 28.2 Å². The molecule has 3 aromatic heterocycles. The van der Waals surface area contributed by atoms with Crippen molar-refractivity contribution in [2.45, 2.75) is 44.1 Å². The number of rotatable bonds is 3. The standard InChI is InChI=1S/C20H22N6O2/c21-7-5-12-1-3-14(4-2-12)26-17-15-6-8-22-18(15)23-9-16(17)24-19(26)13-10-25(11-13)20(27)28/h6,8-9,12-14H,1-5,10-11H2,(H,22,23)(H,27,28). The van der Waals surface area contributed by atoms with E-state index in [1.165, 1.54) is 4.90 Å². The van der Waals surface area contributed by atoms with Crippen LogP contribution in [0, 0.1) is 17.2 Å². The maximum atomic E-state index is 11.2. The van der Waals surface area contributed by atoms with Crippen LogP contribution in [0.2, 0.25) is 0 Å². The molecule has 8 nitrogen and oxygen atoms in total. The topological polar surface area (TPSA) is 111 Å². The van der Waals surface area contributed by atoms with Crippen molar-refractivity contribution in [2.75, 3.05) is 13.1 Å². The molecule has 0 radical (unpaired) electrons. The third-order valence-corrected chi connectivity index (χ3v) is 6.34. The minimum absolute atomic E-state index is 0.120. The first-order valence-electron chi connectivity index (χ1n) is 9.84. The summed E-state index contributed by atoms with van der Waals surface area (Å²) in [6.07, 6.45) is 7.60. The Balaban J connectivity index is 1.57. The number of amides is 1. The molecule has 8 heteroatoms. The number of H-pyrrole nitrogens is 1. The number of hydrogen-bond donors (Lipinski definition) is 2. The summed E-state index contributed by atoms with van der Waals surface area (Å²) in [6, 6.07) is 4.68. The molecular weight excluding hydrogens is 356 g/mol. The number of hydrogen-bond acceptors (Lipinski definition) is 4. The number of pyridine rings is 1. The minimum atomic E-state index is -0.870. The second-order valence-corrected chi connectivity index (χ2v) is 7.99. The molecule has 0 aromatic carbocycles. The van der Waals surface area contributed by atoms with Gasteiger partial charge in [-0.3, -0.25) is 0 Å². The number of carboxylic acid groups (broad SMARTS) is 1. The third kappa shape index (κ3) is 2.61. The molecule has 0 unspecified atom stereocenters. The van der Waals surface area contributed by atoms with Crippen molar-refractivity contribution in [1.82, 2.24) is 24.4 Å². The first-order valence-corrected chi connectivity index (χ1v) is 9.84. The van der Waals surface area contributed by atoms with E-state index in [1.807, 2.05) is 18.5 Å². The Hall–Kier alpha value is -3.08. The quantitative estimate of drug-likeness (QED) is 0.723. The molecule has 1 aliphatic carbocycles. The van der Waals surface area contributed by atoms with E-state index < -0.39 is 6.09 Å². The molecule has 1 aliphatic heterocycles. The van der Waals surface area contributed by atoms with Gasteiger partial charge in [-0.25, -0.2) is 14.8 Å². The summed E-state index contributed by atoms with van der Waals surface area (Å²) in [5.74, 6) is 1.58. The van der Waals surface area contributed by atoms with Gasteiger partial charge in [-0.15, -0.1) is 0 Å². The monoisotopic (exact) mass is 378 g/mol. The average molecular weight is 378 g/mol. The number of carbonyl (C=O) groups is 1. The van der Waals surface area contributed by atoms with Gasteiger partial charge in [-0.2, -0.15) is 5.26 Å². The fourth-order valence-corrected chi connectivity index (χ4v) is 4.80. The maximum Gasteiger partial charge on any atom is 0.407 e. The predicted molar refractivity (Wildman–Crippen MR) is 103 cm³/mol. The zero-order valence-electron chi connectivity index (χ0n) is 15.5. The number of nitrogens with one attached hydrogen (secondary N) is 1. The minimum Gasteiger partial charge on any atom is -0.465 e. The van der Waals surface area contributed by atoms with Crippen molar-refractivity contribution in [1.29, 1.82) is 5.26 Å². The smallest absolute Gasteiger partial charge is 0.407 e. The molecule has 1 amide bonds. The third-order valence-electron chi connectivity index (χ3n) is 6.34. The second-order valence-electron chi connectivity index (χ2n) is 7.99. The molecule has 144 valence electrons. The summed E-state index contributed by atoms with van der Waals surface area (Å²) in [7, 11) is 0. The average Bonchev–Trinajstić information content (AvgIpc) is 3.25. The van der Waals surface area contributed by atoms with Crippen molar-refractivity contribution < 1.29 is 9.90 Å². The largest absolute Gasteiger partial charge is 0.465 e. The van der Waals surface area contributed by atoms with Crippen LogP contribution in [0.3, 0.4) is 0 Å². The van der Waals surface area contributed by atoms with E-state index in [9.17, 15) is 9.90 Å². The van der Waals surface area contributed by atoms with E-state index in [-0.39, 0.29) is 5.92 Å². The van der Waals surface area contributed by atoms with Gasteiger partial charge in [-0.1, -0.05) is 0 Å².